The predicted octanol–water partition coefficient (Wildman–Crippen LogP) is 3.64. The summed E-state index contributed by atoms with van der Waals surface area (Å²) in [5.74, 6) is 0.721. The van der Waals surface area contributed by atoms with Crippen LogP contribution in [0.15, 0.2) is 48.5 Å². The molecule has 0 N–H and O–H groups in total. The van der Waals surface area contributed by atoms with Crippen LogP contribution >= 0.6 is 0 Å². The fourth-order valence-electron chi connectivity index (χ4n) is 1.72. The van der Waals surface area contributed by atoms with E-state index in [-0.39, 0.29) is 0 Å². The van der Waals surface area contributed by atoms with Crippen LogP contribution < -0.4 is 4.74 Å². The minimum Gasteiger partial charge on any atom is -0.489 e. The Morgan fingerprint density at radius 1 is 1.06 bits per heavy atom. The van der Waals surface area contributed by atoms with E-state index in [1.165, 1.54) is 5.56 Å². The van der Waals surface area contributed by atoms with E-state index in [9.17, 15) is 4.79 Å². The molecule has 0 saturated heterocycles. The van der Waals surface area contributed by atoms with Crippen LogP contribution in [0.3, 0.4) is 0 Å². The zero-order chi connectivity index (χ0) is 12.8. The minimum atomic E-state index is 0.520. The molecule has 2 nitrogen and oxygen atoms in total. The zero-order valence-corrected chi connectivity index (χ0v) is 10.4. The smallest absolute Gasteiger partial charge is 0.150 e. The molecule has 18 heavy (non-hydrogen) atoms. The lowest BCUT2D eigenvalue weighted by atomic mass is 10.1. The third-order valence-electron chi connectivity index (χ3n) is 2.83. The van der Waals surface area contributed by atoms with Crippen molar-refractivity contribution >= 4 is 6.29 Å². The van der Waals surface area contributed by atoms with Gasteiger partial charge < -0.3 is 4.74 Å². The van der Waals surface area contributed by atoms with Crippen molar-refractivity contribution in [2.24, 2.45) is 0 Å². The van der Waals surface area contributed by atoms with Crippen molar-refractivity contribution in [2.45, 2.75) is 20.0 Å². The molecule has 0 aliphatic carbocycles. The first-order valence-corrected chi connectivity index (χ1v) is 6.07. The van der Waals surface area contributed by atoms with Gasteiger partial charge in [0.1, 0.15) is 18.6 Å². The van der Waals surface area contributed by atoms with Crippen LogP contribution in [0, 0.1) is 0 Å². The van der Waals surface area contributed by atoms with Gasteiger partial charge in [-0.1, -0.05) is 43.3 Å². The van der Waals surface area contributed by atoms with Gasteiger partial charge in [0.05, 0.1) is 0 Å². The number of aldehydes is 1. The average Bonchev–Trinajstić information content (AvgIpc) is 2.46. The Labute approximate surface area is 107 Å². The molecular weight excluding hydrogens is 224 g/mol. The van der Waals surface area contributed by atoms with Gasteiger partial charge in [-0.15, -0.1) is 0 Å². The van der Waals surface area contributed by atoms with Gasteiger partial charge >= 0.3 is 0 Å². The van der Waals surface area contributed by atoms with Crippen molar-refractivity contribution < 1.29 is 9.53 Å². The van der Waals surface area contributed by atoms with Gasteiger partial charge in [-0.3, -0.25) is 4.79 Å². The molecule has 0 saturated carbocycles. The molecule has 0 unspecified atom stereocenters. The van der Waals surface area contributed by atoms with E-state index in [0.29, 0.717) is 12.2 Å². The molecule has 0 aliphatic heterocycles. The van der Waals surface area contributed by atoms with Crippen LogP contribution in [-0.2, 0) is 13.0 Å². The highest BCUT2D eigenvalue weighted by atomic mass is 16.5. The van der Waals surface area contributed by atoms with Gasteiger partial charge in [-0.25, -0.2) is 0 Å². The number of carbonyl (C=O) groups is 1. The van der Waals surface area contributed by atoms with Gasteiger partial charge in [0.2, 0.25) is 0 Å². The van der Waals surface area contributed by atoms with E-state index in [1.54, 1.807) is 12.1 Å². The number of hydrogen-bond acceptors (Lipinski definition) is 2. The summed E-state index contributed by atoms with van der Waals surface area (Å²) in [4.78, 5) is 10.6. The highest BCUT2D eigenvalue weighted by Gasteiger charge is 1.98. The highest BCUT2D eigenvalue weighted by Crippen LogP contribution is 2.14. The molecule has 2 heteroatoms. The zero-order valence-electron chi connectivity index (χ0n) is 10.4. The van der Waals surface area contributed by atoms with Gasteiger partial charge in [0, 0.05) is 5.56 Å². The Morgan fingerprint density at radius 3 is 2.44 bits per heavy atom. The summed E-state index contributed by atoms with van der Waals surface area (Å²) < 4.78 is 5.65. The molecule has 2 rings (SSSR count). The largest absolute Gasteiger partial charge is 0.489 e. The van der Waals surface area contributed by atoms with Crippen LogP contribution in [0.4, 0.5) is 0 Å². The molecule has 0 heterocycles. The Morgan fingerprint density at radius 2 is 1.78 bits per heavy atom. The van der Waals surface area contributed by atoms with E-state index in [1.807, 2.05) is 12.1 Å². The Kier molecular flexibility index (Phi) is 4.13. The Balaban J connectivity index is 1.99. The first kappa shape index (κ1) is 12.4. The summed E-state index contributed by atoms with van der Waals surface area (Å²) in [6, 6.07) is 15.5. The van der Waals surface area contributed by atoms with Crippen molar-refractivity contribution in [3.8, 4) is 5.75 Å². The molecule has 0 radical (unpaired) electrons. The second-order valence-corrected chi connectivity index (χ2v) is 4.15. The lowest BCUT2D eigenvalue weighted by molar-refractivity contribution is 0.112. The molecule has 2 aromatic rings. The van der Waals surface area contributed by atoms with Crippen LogP contribution in [0.5, 0.6) is 5.75 Å². The third-order valence-corrected chi connectivity index (χ3v) is 2.83. The van der Waals surface area contributed by atoms with Crippen LogP contribution in [0.25, 0.3) is 0 Å². The van der Waals surface area contributed by atoms with Crippen molar-refractivity contribution in [3.63, 3.8) is 0 Å². The molecule has 0 bridgehead atoms. The number of carbonyl (C=O) groups excluding carboxylic acids is 1. The van der Waals surface area contributed by atoms with E-state index in [4.69, 9.17) is 4.74 Å². The number of hydrogen-bond donors (Lipinski definition) is 0. The van der Waals surface area contributed by atoms with Crippen LogP contribution in [-0.4, -0.2) is 6.29 Å². The minimum absolute atomic E-state index is 0.520. The molecule has 92 valence electrons. The standard InChI is InChI=1S/C16H16O2/c1-2-13-6-8-14(9-7-13)12-18-16-5-3-4-15(10-16)11-17/h3-11H,2,12H2,1H3. The fraction of sp³-hybridized carbons (Fsp3) is 0.188. The Bertz CT molecular complexity index is 515. The maximum Gasteiger partial charge on any atom is 0.150 e. The van der Waals surface area contributed by atoms with Crippen LogP contribution in [0.1, 0.15) is 28.4 Å². The third kappa shape index (κ3) is 3.20. The summed E-state index contributed by atoms with van der Waals surface area (Å²) in [7, 11) is 0. The molecule has 2 aromatic carbocycles. The predicted molar refractivity (Wildman–Crippen MR) is 72.0 cm³/mol. The molecule has 0 spiro atoms. The maximum absolute atomic E-state index is 10.6. The van der Waals surface area contributed by atoms with E-state index in [2.05, 4.69) is 31.2 Å². The molecule has 0 atom stereocenters. The van der Waals surface area contributed by atoms with Crippen molar-refractivity contribution in [1.82, 2.24) is 0 Å². The summed E-state index contributed by atoms with van der Waals surface area (Å²) in [5, 5.41) is 0. The van der Waals surface area contributed by atoms with Gasteiger partial charge in [-0.05, 0) is 29.7 Å². The molecule has 0 aliphatic rings. The van der Waals surface area contributed by atoms with Crippen molar-refractivity contribution in [2.75, 3.05) is 0 Å². The normalized spacial score (nSPS) is 10.1. The summed E-state index contributed by atoms with van der Waals surface area (Å²) in [6.07, 6.45) is 1.87. The number of rotatable bonds is 5. The monoisotopic (exact) mass is 240 g/mol. The van der Waals surface area contributed by atoms with Gasteiger partial charge in [0.25, 0.3) is 0 Å². The Hall–Kier alpha value is -2.09. The number of benzene rings is 2. The molecular formula is C16H16O2. The lowest BCUT2D eigenvalue weighted by Gasteiger charge is -2.07. The maximum atomic E-state index is 10.6. The van der Waals surface area contributed by atoms with E-state index < -0.39 is 0 Å². The topological polar surface area (TPSA) is 26.3 Å². The SMILES string of the molecule is CCc1ccc(COc2cccc(C=O)c2)cc1. The first-order valence-electron chi connectivity index (χ1n) is 6.07. The van der Waals surface area contributed by atoms with Crippen molar-refractivity contribution in [1.29, 1.82) is 0 Å². The summed E-state index contributed by atoms with van der Waals surface area (Å²) >= 11 is 0. The molecule has 0 amide bonds. The second kappa shape index (κ2) is 6.01. The molecule has 0 aromatic heterocycles. The fourth-order valence-corrected chi connectivity index (χ4v) is 1.72. The lowest BCUT2D eigenvalue weighted by Crippen LogP contribution is -1.96. The van der Waals surface area contributed by atoms with E-state index in [0.717, 1.165) is 24.0 Å². The number of aryl methyl sites for hydroxylation is 1. The van der Waals surface area contributed by atoms with Crippen LogP contribution in [0.2, 0.25) is 0 Å². The van der Waals surface area contributed by atoms with Crippen molar-refractivity contribution in [3.05, 3.63) is 65.2 Å². The first-order chi connectivity index (χ1) is 8.81. The summed E-state index contributed by atoms with van der Waals surface area (Å²) in [6.45, 7) is 2.66. The second-order valence-electron chi connectivity index (χ2n) is 4.15. The van der Waals surface area contributed by atoms with Gasteiger partial charge in [0.15, 0.2) is 0 Å². The summed E-state index contributed by atoms with van der Waals surface area (Å²) in [5.41, 5.74) is 3.08. The molecule has 0 fully saturated rings. The average molecular weight is 240 g/mol. The highest BCUT2D eigenvalue weighted by molar-refractivity contribution is 5.75. The van der Waals surface area contributed by atoms with Gasteiger partial charge in [-0.2, -0.15) is 0 Å². The number of ether oxygens (including phenoxy) is 1. The quantitative estimate of drug-likeness (QED) is 0.746. The van der Waals surface area contributed by atoms with E-state index >= 15 is 0 Å².